The van der Waals surface area contributed by atoms with Crippen molar-refractivity contribution in [2.75, 3.05) is 6.61 Å². The van der Waals surface area contributed by atoms with E-state index in [1.165, 1.54) is 0 Å². The molecule has 22 heavy (non-hydrogen) atoms. The Kier molecular flexibility index (Phi) is 10.3. The summed E-state index contributed by atoms with van der Waals surface area (Å²) >= 11 is 0. The Morgan fingerprint density at radius 3 is 1.91 bits per heavy atom. The van der Waals surface area contributed by atoms with Crippen LogP contribution in [0.1, 0.15) is 38.5 Å². The maximum absolute atomic E-state index is 11.3. The molecule has 0 aliphatic carbocycles. The zero-order valence-electron chi connectivity index (χ0n) is 11.7. The molecular weight excluding hydrogens is 304 g/mol. The first kappa shape index (κ1) is 19.8. The second-order valence-electron chi connectivity index (χ2n) is 4.12. The summed E-state index contributed by atoms with van der Waals surface area (Å²) in [5.41, 5.74) is 0. The van der Waals surface area contributed by atoms with E-state index in [1.54, 1.807) is 0 Å². The minimum atomic E-state index is -1.30. The third kappa shape index (κ3) is 11.6. The van der Waals surface area contributed by atoms with Crippen molar-refractivity contribution in [1.29, 1.82) is 0 Å². The lowest BCUT2D eigenvalue weighted by molar-refractivity contribution is -0.345. The third-order valence-corrected chi connectivity index (χ3v) is 2.20. The average molecular weight is 322 g/mol. The van der Waals surface area contributed by atoms with E-state index in [1.807, 2.05) is 0 Å². The first-order valence-electron chi connectivity index (χ1n) is 6.45. The van der Waals surface area contributed by atoms with Crippen molar-refractivity contribution in [3.63, 3.8) is 0 Å². The summed E-state index contributed by atoms with van der Waals surface area (Å²) in [5.74, 6) is -4.19. The first-order valence-corrected chi connectivity index (χ1v) is 6.45. The fraction of sp³-hybridized carbons (Fsp3) is 0.667. The second-order valence-corrected chi connectivity index (χ2v) is 4.12. The Bertz CT molecular complexity index is 391. The Balaban J connectivity index is 4.21. The maximum Gasteiger partial charge on any atom is 0.343 e. The molecule has 10 nitrogen and oxygen atoms in total. The number of rotatable bonds is 12. The highest BCUT2D eigenvalue weighted by atomic mass is 17.2. The Morgan fingerprint density at radius 1 is 0.864 bits per heavy atom. The van der Waals surface area contributed by atoms with Crippen LogP contribution in [-0.4, -0.2) is 52.1 Å². The van der Waals surface area contributed by atoms with E-state index in [0.717, 1.165) is 0 Å². The molecule has 1 unspecified atom stereocenters. The van der Waals surface area contributed by atoms with Gasteiger partial charge in [-0.25, -0.2) is 4.79 Å². The number of carboxylic acids is 2. The van der Waals surface area contributed by atoms with Crippen molar-refractivity contribution in [2.45, 2.75) is 44.8 Å². The summed E-state index contributed by atoms with van der Waals surface area (Å²) in [7, 11) is 0. The monoisotopic (exact) mass is 322 g/mol. The molecule has 0 saturated heterocycles. The summed E-state index contributed by atoms with van der Waals surface area (Å²) in [6.45, 7) is -0.223. The van der Waals surface area contributed by atoms with Crippen molar-refractivity contribution in [2.24, 2.45) is 0 Å². The molecule has 0 aromatic carbocycles. The summed E-state index contributed by atoms with van der Waals surface area (Å²) in [6.07, 6.45) is -2.78. The zero-order valence-corrected chi connectivity index (χ0v) is 11.7. The third-order valence-electron chi connectivity index (χ3n) is 2.20. The molecule has 0 aromatic heterocycles. The molecule has 0 aliphatic rings. The maximum atomic E-state index is 11.3. The number of hydrogen-bond acceptors (Lipinski definition) is 8. The van der Waals surface area contributed by atoms with E-state index in [0.29, 0.717) is 0 Å². The molecule has 0 heterocycles. The van der Waals surface area contributed by atoms with Gasteiger partial charge in [-0.3, -0.25) is 19.3 Å². The molecule has 0 aliphatic heterocycles. The van der Waals surface area contributed by atoms with Gasteiger partial charge >= 0.3 is 23.9 Å². The van der Waals surface area contributed by atoms with Gasteiger partial charge in [0.15, 0.2) is 0 Å². The highest BCUT2D eigenvalue weighted by molar-refractivity contribution is 5.77. The highest BCUT2D eigenvalue weighted by Crippen LogP contribution is 2.08. The van der Waals surface area contributed by atoms with Crippen LogP contribution in [0.25, 0.3) is 0 Å². The predicted octanol–water partition coefficient (Wildman–Crippen LogP) is -0.167. The van der Waals surface area contributed by atoms with Crippen molar-refractivity contribution >= 4 is 23.9 Å². The van der Waals surface area contributed by atoms with E-state index in [-0.39, 0.29) is 25.9 Å². The second kappa shape index (κ2) is 11.5. The van der Waals surface area contributed by atoms with Gasteiger partial charge in [0.05, 0.1) is 25.7 Å². The standard InChI is InChI=1S/C12H18O10/c13-7-1-2-12(20-10(18)5-3-8(14)15)22-21-11(19)6-4-9(16)17/h12-13H,1-7H2,(H,14,15)(H,16,17). The van der Waals surface area contributed by atoms with Crippen LogP contribution in [0.3, 0.4) is 0 Å². The van der Waals surface area contributed by atoms with Crippen molar-refractivity contribution in [3.8, 4) is 0 Å². The fourth-order valence-electron chi connectivity index (χ4n) is 1.16. The quantitative estimate of drug-likeness (QED) is 0.191. The van der Waals surface area contributed by atoms with E-state index in [2.05, 4.69) is 9.78 Å². The number of hydrogen-bond donors (Lipinski definition) is 3. The lowest BCUT2D eigenvalue weighted by Crippen LogP contribution is -2.24. The summed E-state index contributed by atoms with van der Waals surface area (Å²) in [4.78, 5) is 51.9. The first-order chi connectivity index (χ1) is 10.3. The molecule has 0 saturated carbocycles. The molecule has 1 atom stereocenters. The summed E-state index contributed by atoms with van der Waals surface area (Å²) in [6, 6.07) is 0. The van der Waals surface area contributed by atoms with Crippen LogP contribution in [0.15, 0.2) is 0 Å². The predicted molar refractivity (Wildman–Crippen MR) is 67.1 cm³/mol. The number of carbonyl (C=O) groups excluding carboxylic acids is 2. The van der Waals surface area contributed by atoms with Crippen LogP contribution in [0.5, 0.6) is 0 Å². The molecule has 0 aromatic rings. The van der Waals surface area contributed by atoms with Gasteiger partial charge in [-0.2, -0.15) is 0 Å². The molecule has 0 amide bonds. The minimum absolute atomic E-state index is 0.0154. The van der Waals surface area contributed by atoms with E-state index in [9.17, 15) is 19.2 Å². The Labute approximate surface area is 125 Å². The molecule has 0 rings (SSSR count). The van der Waals surface area contributed by atoms with E-state index < -0.39 is 49.4 Å². The van der Waals surface area contributed by atoms with Gasteiger partial charge in [0.1, 0.15) is 0 Å². The minimum Gasteiger partial charge on any atom is -0.481 e. The molecule has 3 N–H and O–H groups in total. The lowest BCUT2D eigenvalue weighted by atomic mass is 10.3. The Morgan fingerprint density at radius 2 is 1.41 bits per heavy atom. The van der Waals surface area contributed by atoms with E-state index in [4.69, 9.17) is 20.1 Å². The molecule has 126 valence electrons. The number of aliphatic hydroxyl groups is 1. The van der Waals surface area contributed by atoms with Gasteiger partial charge < -0.3 is 20.1 Å². The molecule has 0 bridgehead atoms. The summed E-state index contributed by atoms with van der Waals surface area (Å²) in [5, 5.41) is 25.5. The number of aliphatic carboxylic acids is 2. The van der Waals surface area contributed by atoms with Crippen LogP contribution in [0.2, 0.25) is 0 Å². The number of carbonyl (C=O) groups is 4. The number of carboxylic acid groups (broad SMARTS) is 2. The smallest absolute Gasteiger partial charge is 0.343 e. The van der Waals surface area contributed by atoms with Gasteiger partial charge in [-0.05, 0) is 6.42 Å². The Hall–Kier alpha value is -2.20. The van der Waals surface area contributed by atoms with Crippen LogP contribution in [0, 0.1) is 0 Å². The molecule has 0 radical (unpaired) electrons. The number of esters is 1. The largest absolute Gasteiger partial charge is 0.481 e. The van der Waals surface area contributed by atoms with Gasteiger partial charge in [0, 0.05) is 13.0 Å². The topological polar surface area (TPSA) is 157 Å². The van der Waals surface area contributed by atoms with Crippen LogP contribution < -0.4 is 0 Å². The molecule has 0 fully saturated rings. The van der Waals surface area contributed by atoms with Gasteiger partial charge in [-0.15, -0.1) is 4.89 Å². The number of aliphatic hydroxyl groups excluding tert-OH is 1. The fourth-order valence-corrected chi connectivity index (χ4v) is 1.16. The molecule has 10 heteroatoms. The van der Waals surface area contributed by atoms with Gasteiger partial charge in [0.2, 0.25) is 6.29 Å². The van der Waals surface area contributed by atoms with E-state index >= 15 is 0 Å². The summed E-state index contributed by atoms with van der Waals surface area (Å²) < 4.78 is 4.75. The zero-order chi connectivity index (χ0) is 17.0. The van der Waals surface area contributed by atoms with Crippen LogP contribution in [-0.2, 0) is 33.7 Å². The average Bonchev–Trinajstić information content (AvgIpc) is 2.45. The van der Waals surface area contributed by atoms with Crippen molar-refractivity contribution < 1.29 is 49.0 Å². The van der Waals surface area contributed by atoms with Crippen molar-refractivity contribution in [1.82, 2.24) is 0 Å². The lowest BCUT2D eigenvalue weighted by Gasteiger charge is -2.16. The van der Waals surface area contributed by atoms with Crippen LogP contribution in [0.4, 0.5) is 0 Å². The SMILES string of the molecule is O=C(O)CCC(=O)OOC(CCCO)OC(=O)CCC(=O)O. The molecule has 0 spiro atoms. The van der Waals surface area contributed by atoms with Crippen molar-refractivity contribution in [3.05, 3.63) is 0 Å². The van der Waals surface area contributed by atoms with Gasteiger partial charge in [0.25, 0.3) is 0 Å². The highest BCUT2D eigenvalue weighted by Gasteiger charge is 2.19. The number of ether oxygens (including phenoxy) is 1. The molecular formula is C12H18O10. The van der Waals surface area contributed by atoms with Crippen LogP contribution >= 0.6 is 0 Å². The normalized spacial score (nSPS) is 11.5. The van der Waals surface area contributed by atoms with Gasteiger partial charge in [-0.1, -0.05) is 0 Å².